The molecule has 0 bridgehead atoms. The molecule has 0 saturated heterocycles. The summed E-state index contributed by atoms with van der Waals surface area (Å²) >= 11 is 0. The monoisotopic (exact) mass is 447 g/mol. The molecular weight excluding hydrogens is 430 g/mol. The van der Waals surface area contributed by atoms with Crippen molar-refractivity contribution in [3.8, 4) is 17.6 Å². The molecule has 0 aliphatic carbocycles. The number of carbonyl (C=O) groups is 1. The van der Waals surface area contributed by atoms with E-state index in [2.05, 4.69) is 11.4 Å². The fraction of sp³-hybridized carbons (Fsp3) is 0.0435. The second-order valence-electron chi connectivity index (χ2n) is 6.97. The zero-order valence-corrected chi connectivity index (χ0v) is 17.4. The molecule has 0 radical (unpaired) electrons. The minimum absolute atomic E-state index is 0.0387. The molecule has 4 aromatic rings. The molecule has 0 spiro atoms. The number of nitrogens with one attached hydrogen (secondary N) is 1. The van der Waals surface area contributed by atoms with Gasteiger partial charge in [-0.05, 0) is 66.2 Å². The quantitative estimate of drug-likeness (QED) is 0.460. The molecule has 0 saturated carbocycles. The first-order chi connectivity index (χ1) is 15.3. The lowest BCUT2D eigenvalue weighted by atomic mass is 10.1. The molecular formula is C23H17N3O5S. The highest BCUT2D eigenvalue weighted by Gasteiger charge is 2.13. The van der Waals surface area contributed by atoms with Crippen molar-refractivity contribution >= 4 is 32.6 Å². The van der Waals surface area contributed by atoms with Crippen LogP contribution in [-0.4, -0.2) is 14.3 Å². The number of nitriles is 1. The number of anilines is 1. The largest absolute Gasteiger partial charge is 0.460 e. The Kier molecular flexibility index (Phi) is 5.64. The zero-order chi connectivity index (χ0) is 22.7. The summed E-state index contributed by atoms with van der Waals surface area (Å²) in [5.41, 5.74) is 2.11. The maximum atomic E-state index is 12.5. The van der Waals surface area contributed by atoms with Gasteiger partial charge < -0.3 is 14.5 Å². The van der Waals surface area contributed by atoms with Gasteiger partial charge in [-0.2, -0.15) is 5.26 Å². The Labute approximate surface area is 183 Å². The first kappa shape index (κ1) is 21.1. The van der Waals surface area contributed by atoms with Crippen LogP contribution in [0.3, 0.4) is 0 Å². The van der Waals surface area contributed by atoms with E-state index in [-0.39, 0.29) is 17.2 Å². The van der Waals surface area contributed by atoms with E-state index in [9.17, 15) is 13.2 Å². The molecule has 8 nitrogen and oxygen atoms in total. The summed E-state index contributed by atoms with van der Waals surface area (Å²) in [7, 11) is -3.80. The maximum absolute atomic E-state index is 12.5. The summed E-state index contributed by atoms with van der Waals surface area (Å²) in [5, 5.41) is 17.6. The number of nitrogens with two attached hydrogens (primary N) is 1. The minimum atomic E-state index is -3.80. The number of rotatable bonds is 6. The van der Waals surface area contributed by atoms with Crippen molar-refractivity contribution < 1.29 is 22.4 Å². The number of amides is 1. The zero-order valence-electron chi connectivity index (χ0n) is 16.6. The number of sulfonamides is 1. The van der Waals surface area contributed by atoms with Gasteiger partial charge in [-0.25, -0.2) is 13.6 Å². The topological polar surface area (TPSA) is 135 Å². The van der Waals surface area contributed by atoms with E-state index < -0.39 is 10.0 Å². The lowest BCUT2D eigenvalue weighted by Crippen LogP contribution is -2.15. The lowest BCUT2D eigenvalue weighted by Gasteiger charge is -2.10. The van der Waals surface area contributed by atoms with Crippen molar-refractivity contribution in [2.45, 2.75) is 11.3 Å². The van der Waals surface area contributed by atoms with Crippen molar-refractivity contribution in [2.24, 2.45) is 5.14 Å². The molecule has 4 rings (SSSR count). The molecule has 0 aliphatic heterocycles. The Morgan fingerprint density at radius 2 is 1.88 bits per heavy atom. The average molecular weight is 447 g/mol. The van der Waals surface area contributed by atoms with E-state index in [1.807, 2.05) is 6.07 Å². The predicted molar refractivity (Wildman–Crippen MR) is 118 cm³/mol. The molecule has 0 fully saturated rings. The molecule has 160 valence electrons. The van der Waals surface area contributed by atoms with Gasteiger partial charge in [-0.1, -0.05) is 6.07 Å². The molecule has 9 heteroatoms. The van der Waals surface area contributed by atoms with Crippen LogP contribution < -0.4 is 15.2 Å². The molecule has 32 heavy (non-hydrogen) atoms. The Hall–Kier alpha value is -4.13. The van der Waals surface area contributed by atoms with Crippen LogP contribution in [0, 0.1) is 11.3 Å². The number of furan rings is 1. The van der Waals surface area contributed by atoms with Gasteiger partial charge >= 0.3 is 0 Å². The van der Waals surface area contributed by atoms with Crippen molar-refractivity contribution in [3.05, 3.63) is 84.1 Å². The molecule has 1 aromatic heterocycles. The normalized spacial score (nSPS) is 11.1. The third-order valence-electron chi connectivity index (χ3n) is 4.60. The molecule has 3 aromatic carbocycles. The number of hydrogen-bond donors (Lipinski definition) is 2. The predicted octanol–water partition coefficient (Wildman–Crippen LogP) is 3.93. The van der Waals surface area contributed by atoms with Crippen molar-refractivity contribution in [3.63, 3.8) is 0 Å². The Morgan fingerprint density at radius 1 is 1.09 bits per heavy atom. The summed E-state index contributed by atoms with van der Waals surface area (Å²) < 4.78 is 34.1. The van der Waals surface area contributed by atoms with Crippen LogP contribution in [0.15, 0.2) is 82.3 Å². The smallest absolute Gasteiger partial charge is 0.238 e. The van der Waals surface area contributed by atoms with E-state index >= 15 is 0 Å². The second kappa shape index (κ2) is 8.55. The van der Waals surface area contributed by atoms with Gasteiger partial charge in [-0.3, -0.25) is 4.79 Å². The SMILES string of the molecule is N#Cc1cccc(Oc2cc(CC(=O)Nc3ccc(S(N)(=O)=O)cc3)cc3ccoc23)c1. The number of ether oxygens (including phenoxy) is 1. The standard InChI is InChI=1S/C23H17N3O5S/c24-14-15-2-1-3-19(11-15)31-21-12-16(10-17-8-9-30-23(17)21)13-22(27)26-18-4-6-20(7-5-18)32(25,28)29/h1-12H,13H2,(H,26,27)(H2,25,28,29). The van der Waals surface area contributed by atoms with Crippen LogP contribution >= 0.6 is 0 Å². The summed E-state index contributed by atoms with van der Waals surface area (Å²) in [6.45, 7) is 0. The molecule has 0 atom stereocenters. The minimum Gasteiger partial charge on any atom is -0.460 e. The number of nitrogens with zero attached hydrogens (tertiary/aromatic N) is 1. The van der Waals surface area contributed by atoms with E-state index in [1.54, 1.807) is 36.4 Å². The average Bonchev–Trinajstić information content (AvgIpc) is 3.22. The van der Waals surface area contributed by atoms with Gasteiger partial charge in [0.25, 0.3) is 0 Å². The van der Waals surface area contributed by atoms with Gasteiger partial charge in [0, 0.05) is 11.1 Å². The van der Waals surface area contributed by atoms with Gasteiger partial charge in [0.05, 0.1) is 29.2 Å². The van der Waals surface area contributed by atoms with E-state index in [0.29, 0.717) is 33.9 Å². The van der Waals surface area contributed by atoms with Gasteiger partial charge in [0.2, 0.25) is 15.9 Å². The first-order valence-electron chi connectivity index (χ1n) is 9.43. The van der Waals surface area contributed by atoms with Crippen molar-refractivity contribution in [2.75, 3.05) is 5.32 Å². The van der Waals surface area contributed by atoms with Gasteiger partial charge in [0.1, 0.15) is 5.75 Å². The fourth-order valence-corrected chi connectivity index (χ4v) is 3.68. The molecule has 1 amide bonds. The van der Waals surface area contributed by atoms with Crippen LogP contribution in [-0.2, 0) is 21.2 Å². The third-order valence-corrected chi connectivity index (χ3v) is 5.53. The highest BCUT2D eigenvalue weighted by atomic mass is 32.2. The highest BCUT2D eigenvalue weighted by molar-refractivity contribution is 7.89. The molecule has 0 aliphatic rings. The van der Waals surface area contributed by atoms with Crippen molar-refractivity contribution in [1.29, 1.82) is 5.26 Å². The third kappa shape index (κ3) is 4.78. The van der Waals surface area contributed by atoms with Gasteiger partial charge in [0.15, 0.2) is 11.3 Å². The summed E-state index contributed by atoms with van der Waals surface area (Å²) in [6.07, 6.45) is 1.58. The number of carbonyl (C=O) groups excluding carboxylic acids is 1. The second-order valence-corrected chi connectivity index (χ2v) is 8.53. The van der Waals surface area contributed by atoms with E-state index in [1.165, 1.54) is 30.5 Å². The maximum Gasteiger partial charge on any atom is 0.238 e. The number of fused-ring (bicyclic) bond motifs is 1. The van der Waals surface area contributed by atoms with Crippen LogP contribution in [0.1, 0.15) is 11.1 Å². The Morgan fingerprint density at radius 3 is 2.59 bits per heavy atom. The fourth-order valence-electron chi connectivity index (χ4n) is 3.16. The summed E-state index contributed by atoms with van der Waals surface area (Å²) in [6, 6.07) is 19.6. The van der Waals surface area contributed by atoms with E-state index in [0.717, 1.165) is 5.39 Å². The van der Waals surface area contributed by atoms with Crippen LogP contribution in [0.4, 0.5) is 5.69 Å². The van der Waals surface area contributed by atoms with Gasteiger partial charge in [-0.15, -0.1) is 0 Å². The Bertz CT molecular complexity index is 1450. The summed E-state index contributed by atoms with van der Waals surface area (Å²) in [5.74, 6) is 0.592. The summed E-state index contributed by atoms with van der Waals surface area (Å²) in [4.78, 5) is 12.5. The first-order valence-corrected chi connectivity index (χ1v) is 11.0. The molecule has 3 N–H and O–H groups in total. The van der Waals surface area contributed by atoms with Crippen LogP contribution in [0.5, 0.6) is 11.5 Å². The molecule has 1 heterocycles. The Balaban J connectivity index is 1.54. The highest BCUT2D eigenvalue weighted by Crippen LogP contribution is 2.33. The molecule has 0 unspecified atom stereocenters. The van der Waals surface area contributed by atoms with Crippen molar-refractivity contribution in [1.82, 2.24) is 0 Å². The van der Waals surface area contributed by atoms with E-state index in [4.69, 9.17) is 19.6 Å². The number of hydrogen-bond acceptors (Lipinski definition) is 6. The number of benzene rings is 3. The van der Waals surface area contributed by atoms with Crippen LogP contribution in [0.2, 0.25) is 0 Å². The lowest BCUT2D eigenvalue weighted by molar-refractivity contribution is -0.115. The van der Waals surface area contributed by atoms with Crippen LogP contribution in [0.25, 0.3) is 11.0 Å². The number of primary sulfonamides is 1.